The largest absolute Gasteiger partial charge is 0.497 e. The first-order chi connectivity index (χ1) is 22.9. The van der Waals surface area contributed by atoms with Crippen LogP contribution in [0.5, 0.6) is 5.75 Å². The maximum atomic E-state index is 16.3. The fourth-order valence-electron chi connectivity index (χ4n) is 7.92. The van der Waals surface area contributed by atoms with Crippen molar-refractivity contribution in [1.29, 1.82) is 0 Å². The molecule has 0 saturated carbocycles. The van der Waals surface area contributed by atoms with Crippen molar-refractivity contribution in [3.63, 3.8) is 0 Å². The van der Waals surface area contributed by atoms with Crippen molar-refractivity contribution in [1.82, 2.24) is 4.90 Å². The minimum Gasteiger partial charge on any atom is -0.497 e. The van der Waals surface area contributed by atoms with Gasteiger partial charge in [-0.2, -0.15) is 0 Å². The summed E-state index contributed by atoms with van der Waals surface area (Å²) in [6.07, 6.45) is 0.612. The topological polar surface area (TPSA) is 134 Å². The predicted molar refractivity (Wildman–Crippen MR) is 184 cm³/mol. The second-order valence-corrected chi connectivity index (χ2v) is 17.4. The third-order valence-electron chi connectivity index (χ3n) is 10.2. The number of likely N-dealkylation sites (tertiary alicyclic amines) is 1. The number of amides is 3. The van der Waals surface area contributed by atoms with E-state index in [0.717, 1.165) is 12.0 Å². The molecule has 0 unspecified atom stereocenters. The number of nitrogen functional groups attached to an aromatic ring is 1. The maximum absolute atomic E-state index is 16.3. The number of ether oxygens (including phenoxy) is 2. The van der Waals surface area contributed by atoms with E-state index in [1.54, 1.807) is 78.5 Å². The lowest BCUT2D eigenvalue weighted by Crippen LogP contribution is -2.45. The van der Waals surface area contributed by atoms with Gasteiger partial charge in [-0.1, -0.05) is 19.1 Å². The normalized spacial score (nSPS) is 25.1. The average Bonchev–Trinajstić information content (AvgIpc) is 3.71. The third kappa shape index (κ3) is 5.97. The van der Waals surface area contributed by atoms with Gasteiger partial charge < -0.3 is 39.5 Å². The zero-order chi connectivity index (χ0) is 34.4. The molecular formula is C36H43FN4O6Si. The Labute approximate surface area is 281 Å². The van der Waals surface area contributed by atoms with Crippen molar-refractivity contribution < 1.29 is 33.1 Å². The van der Waals surface area contributed by atoms with Crippen LogP contribution < -0.4 is 20.7 Å². The lowest BCUT2D eigenvalue weighted by atomic mass is 9.82. The van der Waals surface area contributed by atoms with Gasteiger partial charge in [0, 0.05) is 40.5 Å². The molecule has 10 nitrogen and oxygen atoms in total. The fraction of sp³-hybridized carbons (Fsp3) is 0.417. The zero-order valence-electron chi connectivity index (χ0n) is 27.7. The van der Waals surface area contributed by atoms with Crippen LogP contribution in [0.2, 0.25) is 18.6 Å². The number of hydrogen-bond donors (Lipinski definition) is 3. The Balaban J connectivity index is 1.32. The number of hydrogen-bond acceptors (Lipinski definition) is 7. The number of rotatable bonds is 9. The van der Waals surface area contributed by atoms with E-state index in [-0.39, 0.29) is 43.3 Å². The van der Waals surface area contributed by atoms with Gasteiger partial charge in [-0.3, -0.25) is 14.4 Å². The molecule has 0 bridgehead atoms. The van der Waals surface area contributed by atoms with E-state index in [9.17, 15) is 19.5 Å². The molecule has 3 aromatic carbocycles. The molecule has 0 aromatic heterocycles. The van der Waals surface area contributed by atoms with Crippen LogP contribution in [0.1, 0.15) is 47.7 Å². The highest BCUT2D eigenvalue weighted by Crippen LogP contribution is 2.60. The first-order valence-electron chi connectivity index (χ1n) is 16.4. The van der Waals surface area contributed by atoms with E-state index >= 15 is 4.11 Å². The number of nitrogens with two attached hydrogens (primary N) is 1. The van der Waals surface area contributed by atoms with E-state index in [2.05, 4.69) is 5.32 Å². The second-order valence-electron chi connectivity index (χ2n) is 13.6. The van der Waals surface area contributed by atoms with Crippen molar-refractivity contribution in [2.45, 2.75) is 69.1 Å². The van der Waals surface area contributed by atoms with Crippen molar-refractivity contribution in [2.75, 3.05) is 36.2 Å². The highest BCUT2D eigenvalue weighted by Gasteiger charge is 2.67. The number of carbonyl (C=O) groups is 3. The van der Waals surface area contributed by atoms with E-state index in [0.29, 0.717) is 46.9 Å². The Morgan fingerprint density at radius 3 is 2.58 bits per heavy atom. The first-order valence-corrected chi connectivity index (χ1v) is 19.4. The van der Waals surface area contributed by atoms with Crippen molar-refractivity contribution in [2.24, 2.45) is 5.92 Å². The summed E-state index contributed by atoms with van der Waals surface area (Å²) in [6.45, 7) is 5.64. The van der Waals surface area contributed by atoms with Crippen LogP contribution in [0.15, 0.2) is 66.7 Å². The molecule has 2 fully saturated rings. The summed E-state index contributed by atoms with van der Waals surface area (Å²) < 4.78 is 28.6. The zero-order valence-corrected chi connectivity index (χ0v) is 28.7. The molecule has 1 spiro atoms. The standard InChI is InChI=1S/C36H43FN4O6Si/c1-22-33(48(3,4)37)31(19-32(43)40-16-6-9-27(40)21-42)47-36(22)29-18-28(46-2)14-15-30(29)41(35(36)45)20-23-7-5-8-26(17-23)39-34(44)24-10-12-25(38)13-11-24/h5,7-8,10-15,17-18,22,27,31,33,42H,6,9,16,19-21,38H2,1-4H3,(H,39,44)/t22-,27-,31+,33-,36+/m0/s1. The summed E-state index contributed by atoms with van der Waals surface area (Å²) in [5.41, 5.74) is 7.12. The van der Waals surface area contributed by atoms with E-state index in [1.165, 1.54) is 0 Å². The number of methoxy groups -OCH3 is 1. The van der Waals surface area contributed by atoms with Crippen LogP contribution in [-0.2, 0) is 26.5 Å². The Kier molecular flexibility index (Phi) is 9.09. The van der Waals surface area contributed by atoms with Crippen LogP contribution in [-0.4, -0.2) is 68.5 Å². The Morgan fingerprint density at radius 2 is 1.90 bits per heavy atom. The van der Waals surface area contributed by atoms with Crippen LogP contribution in [0.4, 0.5) is 21.2 Å². The first kappa shape index (κ1) is 33.6. The number of anilines is 3. The van der Waals surface area contributed by atoms with Gasteiger partial charge in [-0.25, -0.2) is 0 Å². The molecule has 48 heavy (non-hydrogen) atoms. The number of halogens is 1. The molecule has 12 heteroatoms. The molecule has 3 amide bonds. The Morgan fingerprint density at radius 1 is 1.15 bits per heavy atom. The van der Waals surface area contributed by atoms with Gasteiger partial charge in [0.1, 0.15) is 5.75 Å². The number of carbonyl (C=O) groups excluding carboxylic acids is 3. The van der Waals surface area contributed by atoms with E-state index in [1.807, 2.05) is 25.1 Å². The lowest BCUT2D eigenvalue weighted by molar-refractivity contribution is -0.150. The molecule has 3 aliphatic heterocycles. The summed E-state index contributed by atoms with van der Waals surface area (Å²) in [5.74, 6) is -0.875. The van der Waals surface area contributed by atoms with Crippen molar-refractivity contribution in [3.05, 3.63) is 83.4 Å². The minimum absolute atomic E-state index is 0.0735. The SMILES string of the molecule is COc1ccc2c(c1)[C@@]1(O[C@H](CC(=O)N3CCC[C@H]3CO)[C@@H]([Si](C)(C)F)[C@@H]1C)C(=O)N2Cc1cccc(NC(=O)c2ccc(N)cc2)c1. The molecule has 0 radical (unpaired) electrons. The maximum Gasteiger partial charge on any atom is 0.264 e. The molecular weight excluding hydrogens is 632 g/mol. The molecule has 0 aliphatic carbocycles. The number of aliphatic hydroxyl groups excluding tert-OH is 1. The van der Waals surface area contributed by atoms with Gasteiger partial charge in [0.05, 0.1) is 44.5 Å². The average molecular weight is 675 g/mol. The number of aliphatic hydroxyl groups is 1. The van der Waals surface area contributed by atoms with Gasteiger partial charge in [-0.05, 0) is 86.1 Å². The summed E-state index contributed by atoms with van der Waals surface area (Å²) in [7, 11) is -1.95. The summed E-state index contributed by atoms with van der Waals surface area (Å²) in [5, 5.41) is 12.7. The summed E-state index contributed by atoms with van der Waals surface area (Å²) in [6, 6.07) is 19.0. The predicted octanol–water partition coefficient (Wildman–Crippen LogP) is 5.22. The monoisotopic (exact) mass is 674 g/mol. The van der Waals surface area contributed by atoms with Crippen LogP contribution in [0, 0.1) is 5.92 Å². The highest BCUT2D eigenvalue weighted by atomic mass is 28.4. The summed E-state index contributed by atoms with van der Waals surface area (Å²) in [4.78, 5) is 44.6. The van der Waals surface area contributed by atoms with Gasteiger partial charge in [0.25, 0.3) is 11.8 Å². The molecule has 2 saturated heterocycles. The van der Waals surface area contributed by atoms with Gasteiger partial charge in [0.2, 0.25) is 14.3 Å². The molecule has 6 rings (SSSR count). The van der Waals surface area contributed by atoms with Crippen molar-refractivity contribution in [3.8, 4) is 5.75 Å². The molecule has 5 atom stereocenters. The quantitative estimate of drug-likeness (QED) is 0.161. The smallest absolute Gasteiger partial charge is 0.264 e. The number of nitrogens with one attached hydrogen (secondary N) is 1. The van der Waals surface area contributed by atoms with Crippen LogP contribution in [0.25, 0.3) is 0 Å². The van der Waals surface area contributed by atoms with Gasteiger partial charge >= 0.3 is 0 Å². The molecule has 254 valence electrons. The highest BCUT2D eigenvalue weighted by molar-refractivity contribution is 6.72. The molecule has 3 aromatic rings. The third-order valence-corrected chi connectivity index (χ3v) is 12.6. The van der Waals surface area contributed by atoms with Crippen LogP contribution in [0.3, 0.4) is 0 Å². The second kappa shape index (κ2) is 13.0. The summed E-state index contributed by atoms with van der Waals surface area (Å²) >= 11 is 0. The van der Waals surface area contributed by atoms with E-state index < -0.39 is 31.6 Å². The number of nitrogens with zero attached hydrogens (tertiary/aromatic N) is 2. The molecule has 3 aliphatic rings. The fourth-order valence-corrected chi connectivity index (χ4v) is 10.4. The molecule has 3 heterocycles. The number of fused-ring (bicyclic) bond motifs is 2. The molecule has 4 N–H and O–H groups in total. The van der Waals surface area contributed by atoms with E-state index in [4.69, 9.17) is 15.2 Å². The minimum atomic E-state index is -3.49. The number of benzene rings is 3. The van der Waals surface area contributed by atoms with Gasteiger partial charge in [-0.15, -0.1) is 0 Å². The van der Waals surface area contributed by atoms with Crippen molar-refractivity contribution >= 4 is 43.2 Å². The lowest BCUT2D eigenvalue weighted by Gasteiger charge is -2.31. The van der Waals surface area contributed by atoms with Gasteiger partial charge in [0.15, 0.2) is 5.60 Å². The Hall–Kier alpha value is -4.26. The Bertz CT molecular complexity index is 1720. The van der Waals surface area contributed by atoms with Crippen LogP contribution >= 0.6 is 0 Å².